The van der Waals surface area contributed by atoms with E-state index in [-0.39, 0.29) is 0 Å². The van der Waals surface area contributed by atoms with E-state index >= 15 is 0 Å². The molecule has 3 heteroatoms. The normalized spacial score (nSPS) is 30.8. The summed E-state index contributed by atoms with van der Waals surface area (Å²) in [5, 5.41) is 0. The summed E-state index contributed by atoms with van der Waals surface area (Å²) >= 11 is 0. The van der Waals surface area contributed by atoms with Crippen LogP contribution in [0.2, 0.25) is 0 Å². The number of hydrogen-bond donors (Lipinski definition) is 1. The Bertz CT molecular complexity index is 493. The van der Waals surface area contributed by atoms with E-state index in [1.54, 1.807) is 0 Å². The van der Waals surface area contributed by atoms with Crippen LogP contribution in [0.5, 0.6) is 0 Å². The van der Waals surface area contributed by atoms with Crippen molar-refractivity contribution in [3.05, 3.63) is 35.9 Å². The highest BCUT2D eigenvalue weighted by molar-refractivity contribution is 5.76. The first-order chi connectivity index (χ1) is 10.6. The summed E-state index contributed by atoms with van der Waals surface area (Å²) in [5.41, 5.74) is 7.35. The van der Waals surface area contributed by atoms with Crippen molar-refractivity contribution in [3.63, 3.8) is 0 Å². The minimum atomic E-state index is 0.334. The predicted octanol–water partition coefficient (Wildman–Crippen LogP) is 2.98. The largest absolute Gasteiger partial charge is 0.343 e. The zero-order chi connectivity index (χ0) is 15.5. The molecule has 2 fully saturated rings. The Morgan fingerprint density at radius 2 is 1.82 bits per heavy atom. The van der Waals surface area contributed by atoms with Crippen LogP contribution in [0.1, 0.15) is 44.1 Å². The van der Waals surface area contributed by atoms with Gasteiger partial charge in [0.15, 0.2) is 0 Å². The molecule has 0 radical (unpaired) electrons. The molecule has 0 heterocycles. The summed E-state index contributed by atoms with van der Waals surface area (Å²) in [7, 11) is 1.98. The van der Waals surface area contributed by atoms with Crippen molar-refractivity contribution < 1.29 is 4.79 Å². The Kier molecular flexibility index (Phi) is 4.82. The molecule has 2 aliphatic carbocycles. The highest BCUT2D eigenvalue weighted by Gasteiger charge is 2.39. The molecule has 0 aromatic heterocycles. The fourth-order valence-electron chi connectivity index (χ4n) is 3.79. The lowest BCUT2D eigenvalue weighted by atomic mass is 9.91. The SMILES string of the molecule is CN(C(=O)C[C@@H]1C[C@H]1Cc1ccccc1)C1CCC(N)CC1. The van der Waals surface area contributed by atoms with E-state index in [1.165, 1.54) is 12.0 Å². The maximum Gasteiger partial charge on any atom is 0.222 e. The minimum Gasteiger partial charge on any atom is -0.343 e. The molecular weight excluding hydrogens is 272 g/mol. The number of hydrogen-bond acceptors (Lipinski definition) is 2. The summed E-state index contributed by atoms with van der Waals surface area (Å²) in [6.07, 6.45) is 7.33. The predicted molar refractivity (Wildman–Crippen MR) is 89.4 cm³/mol. The molecule has 22 heavy (non-hydrogen) atoms. The van der Waals surface area contributed by atoms with Gasteiger partial charge in [-0.05, 0) is 55.9 Å². The van der Waals surface area contributed by atoms with Crippen LogP contribution < -0.4 is 5.73 Å². The minimum absolute atomic E-state index is 0.334. The Hall–Kier alpha value is -1.35. The van der Waals surface area contributed by atoms with Gasteiger partial charge in [0.1, 0.15) is 0 Å². The molecule has 2 saturated carbocycles. The van der Waals surface area contributed by atoms with Crippen molar-refractivity contribution >= 4 is 5.91 Å². The Balaban J connectivity index is 1.43. The number of rotatable bonds is 5. The van der Waals surface area contributed by atoms with Gasteiger partial charge in [-0.15, -0.1) is 0 Å². The standard InChI is InChI=1S/C19H28N2O/c1-21(18-9-7-17(20)8-10-18)19(22)13-16-12-15(16)11-14-5-3-2-4-6-14/h2-6,15-18H,7-13,20H2,1H3/t15-,16+,17?,18?/m1/s1. The fraction of sp³-hybridized carbons (Fsp3) is 0.632. The van der Waals surface area contributed by atoms with E-state index in [9.17, 15) is 4.79 Å². The quantitative estimate of drug-likeness (QED) is 0.908. The molecule has 1 aromatic carbocycles. The maximum atomic E-state index is 12.5. The van der Waals surface area contributed by atoms with Crippen molar-refractivity contribution in [3.8, 4) is 0 Å². The van der Waals surface area contributed by atoms with Crippen LogP contribution in [0, 0.1) is 11.8 Å². The van der Waals surface area contributed by atoms with E-state index in [1.807, 2.05) is 11.9 Å². The lowest BCUT2D eigenvalue weighted by Crippen LogP contribution is -2.42. The number of nitrogens with two attached hydrogens (primary N) is 1. The first-order valence-corrected chi connectivity index (χ1v) is 8.68. The lowest BCUT2D eigenvalue weighted by molar-refractivity contribution is -0.133. The Labute approximate surface area is 133 Å². The molecule has 0 aliphatic heterocycles. The van der Waals surface area contributed by atoms with Gasteiger partial charge in [0, 0.05) is 25.6 Å². The van der Waals surface area contributed by atoms with E-state index in [4.69, 9.17) is 5.73 Å². The molecule has 2 aliphatic rings. The average molecular weight is 300 g/mol. The van der Waals surface area contributed by atoms with Gasteiger partial charge in [-0.1, -0.05) is 30.3 Å². The maximum absolute atomic E-state index is 12.5. The van der Waals surface area contributed by atoms with Gasteiger partial charge in [0.05, 0.1) is 0 Å². The number of carbonyl (C=O) groups is 1. The molecular formula is C19H28N2O. The van der Waals surface area contributed by atoms with Crippen LogP contribution in [0.25, 0.3) is 0 Å². The molecule has 0 bridgehead atoms. The van der Waals surface area contributed by atoms with Crippen molar-refractivity contribution in [1.82, 2.24) is 4.90 Å². The van der Waals surface area contributed by atoms with E-state index in [0.717, 1.165) is 38.5 Å². The van der Waals surface area contributed by atoms with E-state index in [0.29, 0.717) is 29.8 Å². The van der Waals surface area contributed by atoms with Crippen LogP contribution in [-0.2, 0) is 11.2 Å². The number of amides is 1. The molecule has 1 amide bonds. The summed E-state index contributed by atoms with van der Waals surface area (Å²) in [5.74, 6) is 1.64. The lowest BCUT2D eigenvalue weighted by Gasteiger charge is -2.33. The molecule has 3 rings (SSSR count). The Morgan fingerprint density at radius 3 is 2.50 bits per heavy atom. The summed E-state index contributed by atoms with van der Waals surface area (Å²) in [6.45, 7) is 0. The molecule has 1 aromatic rings. The second-order valence-electron chi connectivity index (χ2n) is 7.22. The van der Waals surface area contributed by atoms with Crippen LogP contribution in [0.3, 0.4) is 0 Å². The van der Waals surface area contributed by atoms with Crippen molar-refractivity contribution in [2.75, 3.05) is 7.05 Å². The van der Waals surface area contributed by atoms with Crippen molar-refractivity contribution in [1.29, 1.82) is 0 Å². The third-order valence-electron chi connectivity index (χ3n) is 5.53. The first kappa shape index (κ1) is 15.5. The summed E-state index contributed by atoms with van der Waals surface area (Å²) < 4.78 is 0. The van der Waals surface area contributed by atoms with Crippen LogP contribution in [-0.4, -0.2) is 29.9 Å². The van der Waals surface area contributed by atoms with Crippen LogP contribution >= 0.6 is 0 Å². The number of nitrogens with zero attached hydrogens (tertiary/aromatic N) is 1. The second kappa shape index (κ2) is 6.82. The number of benzene rings is 1. The van der Waals surface area contributed by atoms with Crippen molar-refractivity contribution in [2.24, 2.45) is 17.6 Å². The monoisotopic (exact) mass is 300 g/mol. The van der Waals surface area contributed by atoms with Gasteiger partial charge in [-0.2, -0.15) is 0 Å². The molecule has 0 spiro atoms. The van der Waals surface area contributed by atoms with Crippen LogP contribution in [0.15, 0.2) is 30.3 Å². The molecule has 0 saturated heterocycles. The van der Waals surface area contributed by atoms with Crippen molar-refractivity contribution in [2.45, 2.75) is 57.0 Å². The molecule has 2 N–H and O–H groups in total. The molecule has 0 unspecified atom stereocenters. The topological polar surface area (TPSA) is 46.3 Å². The third-order valence-corrected chi connectivity index (χ3v) is 5.53. The number of carbonyl (C=O) groups excluding carboxylic acids is 1. The second-order valence-corrected chi connectivity index (χ2v) is 7.22. The highest BCUT2D eigenvalue weighted by atomic mass is 16.2. The van der Waals surface area contributed by atoms with Gasteiger partial charge in [0.25, 0.3) is 0 Å². The Morgan fingerprint density at radius 1 is 1.14 bits per heavy atom. The van der Waals surface area contributed by atoms with Gasteiger partial charge >= 0.3 is 0 Å². The average Bonchev–Trinajstić information content (AvgIpc) is 3.25. The van der Waals surface area contributed by atoms with E-state index < -0.39 is 0 Å². The molecule has 120 valence electrons. The zero-order valence-electron chi connectivity index (χ0n) is 13.6. The third kappa shape index (κ3) is 3.89. The van der Waals surface area contributed by atoms with Gasteiger partial charge < -0.3 is 10.6 Å². The summed E-state index contributed by atoms with van der Waals surface area (Å²) in [4.78, 5) is 14.5. The smallest absolute Gasteiger partial charge is 0.222 e. The van der Waals surface area contributed by atoms with Crippen LogP contribution in [0.4, 0.5) is 0 Å². The van der Waals surface area contributed by atoms with Gasteiger partial charge in [-0.3, -0.25) is 4.79 Å². The van der Waals surface area contributed by atoms with E-state index in [2.05, 4.69) is 30.3 Å². The highest BCUT2D eigenvalue weighted by Crippen LogP contribution is 2.44. The first-order valence-electron chi connectivity index (χ1n) is 8.68. The fourth-order valence-corrected chi connectivity index (χ4v) is 3.79. The molecule has 3 nitrogen and oxygen atoms in total. The zero-order valence-corrected chi connectivity index (χ0v) is 13.6. The van der Waals surface area contributed by atoms with Gasteiger partial charge in [0.2, 0.25) is 5.91 Å². The summed E-state index contributed by atoms with van der Waals surface area (Å²) in [6, 6.07) is 11.4. The molecule has 2 atom stereocenters. The van der Waals surface area contributed by atoms with Gasteiger partial charge in [-0.25, -0.2) is 0 Å².